The van der Waals surface area contributed by atoms with E-state index in [9.17, 15) is 5.11 Å². The number of nitrogens with zero attached hydrogens (tertiary/aromatic N) is 1. The fourth-order valence-electron chi connectivity index (χ4n) is 4.24. The highest BCUT2D eigenvalue weighted by atomic mass is 16.3. The molecular weight excluding hydrogens is 308 g/mol. The summed E-state index contributed by atoms with van der Waals surface area (Å²) < 4.78 is 0. The molecule has 4 aromatic rings. The number of hydrogen-bond acceptors (Lipinski definition) is 2. The second-order valence-corrected chi connectivity index (χ2v) is 7.22. The van der Waals surface area contributed by atoms with Crippen LogP contribution in [0.25, 0.3) is 33.1 Å². The van der Waals surface area contributed by atoms with Crippen LogP contribution in [0.4, 0.5) is 0 Å². The van der Waals surface area contributed by atoms with Crippen molar-refractivity contribution in [2.45, 2.75) is 26.2 Å². The molecule has 2 aromatic carbocycles. The molecule has 0 bridgehead atoms. The Labute approximate surface area is 146 Å². The maximum atomic E-state index is 9.63. The smallest absolute Gasteiger partial charge is 0.115 e. The summed E-state index contributed by atoms with van der Waals surface area (Å²) in [4.78, 5) is 8.17. The van der Waals surface area contributed by atoms with Crippen LogP contribution in [-0.4, -0.2) is 15.1 Å². The molecule has 2 heterocycles. The number of pyridine rings is 1. The first-order chi connectivity index (χ1) is 12.2. The quantitative estimate of drug-likeness (QED) is 0.504. The van der Waals surface area contributed by atoms with Crippen LogP contribution in [-0.2, 0) is 12.8 Å². The first-order valence-electron chi connectivity index (χ1n) is 8.91. The van der Waals surface area contributed by atoms with Gasteiger partial charge in [-0.15, -0.1) is 0 Å². The zero-order valence-corrected chi connectivity index (χ0v) is 14.2. The number of H-pyrrole nitrogens is 1. The Hall–Kier alpha value is -2.81. The molecule has 25 heavy (non-hydrogen) atoms. The summed E-state index contributed by atoms with van der Waals surface area (Å²) in [6.07, 6.45) is 5.32. The maximum Gasteiger partial charge on any atom is 0.115 e. The zero-order valence-electron chi connectivity index (χ0n) is 14.2. The minimum Gasteiger partial charge on any atom is -0.508 e. The lowest BCUT2D eigenvalue weighted by molar-refractivity contribution is 0.475. The number of aromatic hydroxyl groups is 1. The van der Waals surface area contributed by atoms with Crippen LogP contribution in [0.15, 0.2) is 48.7 Å². The molecule has 1 unspecified atom stereocenters. The topological polar surface area (TPSA) is 48.9 Å². The molecule has 0 fully saturated rings. The Kier molecular flexibility index (Phi) is 3.11. The number of phenolic OH excluding ortho intramolecular Hbond substituents is 1. The highest BCUT2D eigenvalue weighted by molar-refractivity contribution is 6.08. The second kappa shape index (κ2) is 5.35. The van der Waals surface area contributed by atoms with Gasteiger partial charge in [0.2, 0.25) is 0 Å². The molecule has 0 saturated heterocycles. The van der Waals surface area contributed by atoms with Gasteiger partial charge in [0.25, 0.3) is 0 Å². The van der Waals surface area contributed by atoms with E-state index in [1.165, 1.54) is 34.0 Å². The number of nitrogens with one attached hydrogen (secondary N) is 1. The Bertz CT molecular complexity index is 1090. The first kappa shape index (κ1) is 14.5. The molecule has 1 aliphatic carbocycles. The number of fused-ring (bicyclic) bond motifs is 5. The van der Waals surface area contributed by atoms with E-state index in [0.29, 0.717) is 11.7 Å². The highest BCUT2D eigenvalue weighted by Gasteiger charge is 2.23. The van der Waals surface area contributed by atoms with E-state index >= 15 is 0 Å². The molecule has 3 nitrogen and oxygen atoms in total. The normalized spacial score (nSPS) is 17.1. The molecule has 0 amide bonds. The third kappa shape index (κ3) is 2.23. The van der Waals surface area contributed by atoms with Crippen LogP contribution in [0.2, 0.25) is 0 Å². The standard InChI is InChI=1S/C22H20N2O/c1-13-2-7-16-18(12-13)22(14-3-5-15(25)6-4-14)24-20-9-8-19-17(21(16)20)10-11-23-19/h3-6,8-11,13,24-25H,2,7,12H2,1H3. The molecule has 0 spiro atoms. The monoisotopic (exact) mass is 328 g/mol. The van der Waals surface area contributed by atoms with Crippen molar-refractivity contribution in [2.24, 2.45) is 5.92 Å². The third-order valence-electron chi connectivity index (χ3n) is 5.50. The number of rotatable bonds is 1. The minimum absolute atomic E-state index is 0.302. The van der Waals surface area contributed by atoms with Gasteiger partial charge >= 0.3 is 0 Å². The number of aromatic nitrogens is 2. The van der Waals surface area contributed by atoms with E-state index in [2.05, 4.69) is 35.1 Å². The molecule has 0 saturated carbocycles. The molecular formula is C22H20N2O. The van der Waals surface area contributed by atoms with Gasteiger partial charge in [0, 0.05) is 28.2 Å². The van der Waals surface area contributed by atoms with E-state index < -0.39 is 0 Å². The lowest BCUT2D eigenvalue weighted by Gasteiger charge is -2.26. The molecule has 2 aromatic heterocycles. The minimum atomic E-state index is 0.302. The molecule has 124 valence electrons. The number of phenols is 1. The van der Waals surface area contributed by atoms with Gasteiger partial charge < -0.3 is 10.1 Å². The van der Waals surface area contributed by atoms with Gasteiger partial charge in [-0.25, -0.2) is 0 Å². The lowest BCUT2D eigenvalue weighted by atomic mass is 9.81. The Morgan fingerprint density at radius 2 is 1.88 bits per heavy atom. The highest BCUT2D eigenvalue weighted by Crippen LogP contribution is 2.39. The molecule has 0 radical (unpaired) electrons. The van der Waals surface area contributed by atoms with Gasteiger partial charge in [-0.05, 0) is 84.3 Å². The Morgan fingerprint density at radius 3 is 2.72 bits per heavy atom. The van der Waals surface area contributed by atoms with E-state index in [-0.39, 0.29) is 0 Å². The summed E-state index contributed by atoms with van der Waals surface area (Å²) >= 11 is 0. The molecule has 3 heteroatoms. The summed E-state index contributed by atoms with van der Waals surface area (Å²) in [6, 6.07) is 13.9. The van der Waals surface area contributed by atoms with Crippen molar-refractivity contribution in [2.75, 3.05) is 0 Å². The molecule has 0 aliphatic heterocycles. The van der Waals surface area contributed by atoms with Crippen molar-refractivity contribution in [1.29, 1.82) is 0 Å². The number of aromatic amines is 1. The van der Waals surface area contributed by atoms with E-state index in [4.69, 9.17) is 0 Å². The van der Waals surface area contributed by atoms with Gasteiger partial charge in [0.15, 0.2) is 0 Å². The van der Waals surface area contributed by atoms with Gasteiger partial charge in [-0.3, -0.25) is 4.98 Å². The predicted molar refractivity (Wildman–Crippen MR) is 102 cm³/mol. The summed E-state index contributed by atoms with van der Waals surface area (Å²) in [6.45, 7) is 2.33. The third-order valence-corrected chi connectivity index (χ3v) is 5.50. The van der Waals surface area contributed by atoms with Crippen LogP contribution >= 0.6 is 0 Å². The summed E-state index contributed by atoms with van der Waals surface area (Å²) in [5.74, 6) is 0.988. The molecule has 1 aliphatic rings. The van der Waals surface area contributed by atoms with Crippen LogP contribution in [0, 0.1) is 5.92 Å². The SMILES string of the molecule is CC1CCc2c(c(-c3ccc(O)cc3)[nH]c3ccc4nccc4c23)C1. The van der Waals surface area contributed by atoms with Crippen molar-refractivity contribution in [1.82, 2.24) is 9.97 Å². The summed E-state index contributed by atoms with van der Waals surface area (Å²) in [7, 11) is 0. The molecule has 5 rings (SSSR count). The van der Waals surface area contributed by atoms with Crippen molar-refractivity contribution in [3.63, 3.8) is 0 Å². The van der Waals surface area contributed by atoms with Crippen molar-refractivity contribution in [3.05, 3.63) is 59.8 Å². The molecule has 2 N–H and O–H groups in total. The van der Waals surface area contributed by atoms with E-state index in [1.54, 1.807) is 12.1 Å². The van der Waals surface area contributed by atoms with Crippen molar-refractivity contribution < 1.29 is 5.11 Å². The Balaban J connectivity index is 1.87. The first-order valence-corrected chi connectivity index (χ1v) is 8.91. The van der Waals surface area contributed by atoms with Crippen LogP contribution in [0.3, 0.4) is 0 Å². The van der Waals surface area contributed by atoms with Crippen LogP contribution in [0.5, 0.6) is 5.75 Å². The fraction of sp³-hybridized carbons (Fsp3) is 0.227. The average molecular weight is 328 g/mol. The lowest BCUT2D eigenvalue weighted by Crippen LogP contribution is -2.14. The van der Waals surface area contributed by atoms with Crippen LogP contribution in [0.1, 0.15) is 24.5 Å². The van der Waals surface area contributed by atoms with Gasteiger partial charge in [-0.2, -0.15) is 0 Å². The molecule has 1 atom stereocenters. The van der Waals surface area contributed by atoms with Crippen LogP contribution < -0.4 is 0 Å². The van der Waals surface area contributed by atoms with Crippen molar-refractivity contribution in [3.8, 4) is 17.0 Å². The van der Waals surface area contributed by atoms with Gasteiger partial charge in [0.1, 0.15) is 5.75 Å². The number of benzene rings is 2. The number of aryl methyl sites for hydroxylation is 1. The number of hydrogen-bond donors (Lipinski definition) is 2. The Morgan fingerprint density at radius 1 is 1.04 bits per heavy atom. The summed E-state index contributed by atoms with van der Waals surface area (Å²) in [5, 5.41) is 12.2. The maximum absolute atomic E-state index is 9.63. The summed E-state index contributed by atoms with van der Waals surface area (Å²) in [5.41, 5.74) is 7.44. The van der Waals surface area contributed by atoms with Gasteiger partial charge in [0.05, 0.1) is 5.52 Å². The zero-order chi connectivity index (χ0) is 17.0. The van der Waals surface area contributed by atoms with Crippen molar-refractivity contribution >= 4 is 21.8 Å². The second-order valence-electron chi connectivity index (χ2n) is 7.22. The van der Waals surface area contributed by atoms with Gasteiger partial charge in [-0.1, -0.05) is 6.92 Å². The fourth-order valence-corrected chi connectivity index (χ4v) is 4.24. The predicted octanol–water partition coefficient (Wildman–Crippen LogP) is 5.21. The average Bonchev–Trinajstić information content (AvgIpc) is 3.10. The van der Waals surface area contributed by atoms with E-state index in [1.807, 2.05) is 18.3 Å². The van der Waals surface area contributed by atoms with E-state index in [0.717, 1.165) is 29.4 Å². The largest absolute Gasteiger partial charge is 0.508 e.